The van der Waals surface area contributed by atoms with Crippen molar-refractivity contribution in [2.75, 3.05) is 13.1 Å². The smallest absolute Gasteiger partial charge is 0.231 e. The fourth-order valence-corrected chi connectivity index (χ4v) is 2.73. The first-order chi connectivity index (χ1) is 8.20. The fraction of sp³-hybridized carbons (Fsp3) is 0.455. The summed E-state index contributed by atoms with van der Waals surface area (Å²) in [6, 6.07) is 3.97. The molecule has 6 heteroatoms. The van der Waals surface area contributed by atoms with Crippen molar-refractivity contribution in [3.05, 3.63) is 21.8 Å². The van der Waals surface area contributed by atoms with Crippen LogP contribution < -0.4 is 5.32 Å². The summed E-state index contributed by atoms with van der Waals surface area (Å²) in [6.45, 7) is 5.95. The summed E-state index contributed by atoms with van der Waals surface area (Å²) in [6.07, 6.45) is 0. The third kappa shape index (κ3) is 3.14. The molecule has 0 aliphatic heterocycles. The Morgan fingerprint density at radius 3 is 3.00 bits per heavy atom. The standard InChI is InChI=1S/C11H14BrN3OS/c1-3-13-6-7(2)11-14-10(15-16-11)8-4-5-9(12)17-8/h4-5,7,13H,3,6H2,1-2H3. The van der Waals surface area contributed by atoms with Crippen molar-refractivity contribution in [1.82, 2.24) is 15.5 Å². The number of aromatic nitrogens is 2. The van der Waals surface area contributed by atoms with Gasteiger partial charge in [0.2, 0.25) is 11.7 Å². The van der Waals surface area contributed by atoms with E-state index in [0.717, 1.165) is 21.8 Å². The molecule has 0 radical (unpaired) electrons. The molecule has 2 heterocycles. The van der Waals surface area contributed by atoms with Gasteiger partial charge in [-0.2, -0.15) is 4.98 Å². The van der Waals surface area contributed by atoms with Crippen molar-refractivity contribution < 1.29 is 4.52 Å². The number of likely N-dealkylation sites (N-methyl/N-ethyl adjacent to an activating group) is 1. The zero-order valence-corrected chi connectivity index (χ0v) is 12.1. The maximum atomic E-state index is 5.28. The van der Waals surface area contributed by atoms with E-state index in [1.54, 1.807) is 11.3 Å². The van der Waals surface area contributed by atoms with Crippen molar-refractivity contribution in [3.8, 4) is 10.7 Å². The summed E-state index contributed by atoms with van der Waals surface area (Å²) < 4.78 is 6.35. The molecule has 2 aromatic heterocycles. The first-order valence-corrected chi connectivity index (χ1v) is 7.11. The van der Waals surface area contributed by atoms with E-state index in [4.69, 9.17) is 4.52 Å². The Labute approximate surface area is 113 Å². The summed E-state index contributed by atoms with van der Waals surface area (Å²) >= 11 is 5.02. The molecular formula is C11H14BrN3OS. The van der Waals surface area contributed by atoms with Crippen molar-refractivity contribution in [1.29, 1.82) is 0 Å². The van der Waals surface area contributed by atoms with Crippen LogP contribution in [0.15, 0.2) is 20.4 Å². The molecule has 0 saturated carbocycles. The normalized spacial score (nSPS) is 12.9. The first-order valence-electron chi connectivity index (χ1n) is 5.50. The maximum absolute atomic E-state index is 5.28. The Kier molecular flexibility index (Phi) is 4.31. The largest absolute Gasteiger partial charge is 0.339 e. The molecule has 4 nitrogen and oxygen atoms in total. The predicted octanol–water partition coefficient (Wildman–Crippen LogP) is 3.27. The molecule has 2 aromatic rings. The summed E-state index contributed by atoms with van der Waals surface area (Å²) in [5, 5.41) is 7.27. The van der Waals surface area contributed by atoms with Crippen LogP contribution in [0.3, 0.4) is 0 Å². The van der Waals surface area contributed by atoms with Crippen LogP contribution in [0.25, 0.3) is 10.7 Å². The zero-order valence-electron chi connectivity index (χ0n) is 9.74. The average Bonchev–Trinajstić information content (AvgIpc) is 2.93. The number of hydrogen-bond acceptors (Lipinski definition) is 5. The third-order valence-corrected chi connectivity index (χ3v) is 3.98. The highest BCUT2D eigenvalue weighted by Crippen LogP contribution is 2.29. The highest BCUT2D eigenvalue weighted by molar-refractivity contribution is 9.11. The molecular weight excluding hydrogens is 302 g/mol. The van der Waals surface area contributed by atoms with Crippen molar-refractivity contribution in [3.63, 3.8) is 0 Å². The highest BCUT2D eigenvalue weighted by atomic mass is 79.9. The van der Waals surface area contributed by atoms with Crippen LogP contribution in [-0.4, -0.2) is 23.2 Å². The molecule has 0 bridgehead atoms. The van der Waals surface area contributed by atoms with Gasteiger partial charge in [-0.3, -0.25) is 0 Å². The maximum Gasteiger partial charge on any atom is 0.231 e. The van der Waals surface area contributed by atoms with Crippen molar-refractivity contribution in [2.24, 2.45) is 0 Å². The molecule has 0 aliphatic carbocycles. The second kappa shape index (κ2) is 5.75. The molecule has 0 fully saturated rings. The Bertz CT molecular complexity index is 483. The summed E-state index contributed by atoms with van der Waals surface area (Å²) in [5.41, 5.74) is 0. The highest BCUT2D eigenvalue weighted by Gasteiger charge is 2.15. The molecule has 0 spiro atoms. The monoisotopic (exact) mass is 315 g/mol. The van der Waals surface area contributed by atoms with E-state index in [1.165, 1.54) is 0 Å². The van der Waals surface area contributed by atoms with Gasteiger partial charge in [-0.15, -0.1) is 11.3 Å². The topological polar surface area (TPSA) is 51.0 Å². The van der Waals surface area contributed by atoms with Crippen LogP contribution >= 0.6 is 27.3 Å². The number of hydrogen-bond donors (Lipinski definition) is 1. The van der Waals surface area contributed by atoms with E-state index in [2.05, 4.69) is 45.2 Å². The Balaban J connectivity index is 2.10. The molecule has 0 aliphatic rings. The molecule has 2 rings (SSSR count). The molecule has 0 saturated heterocycles. The van der Waals surface area contributed by atoms with Crippen LogP contribution in [-0.2, 0) is 0 Å². The quantitative estimate of drug-likeness (QED) is 0.920. The number of halogens is 1. The van der Waals surface area contributed by atoms with Gasteiger partial charge in [0.15, 0.2) is 0 Å². The summed E-state index contributed by atoms with van der Waals surface area (Å²) in [4.78, 5) is 5.43. The average molecular weight is 316 g/mol. The van der Waals surface area contributed by atoms with Crippen molar-refractivity contribution >= 4 is 27.3 Å². The lowest BCUT2D eigenvalue weighted by Gasteiger charge is -2.05. The minimum absolute atomic E-state index is 0.236. The fourth-order valence-electron chi connectivity index (χ4n) is 1.42. The van der Waals surface area contributed by atoms with Gasteiger partial charge in [0.25, 0.3) is 0 Å². The second-order valence-electron chi connectivity index (χ2n) is 3.77. The van der Waals surface area contributed by atoms with Gasteiger partial charge in [-0.25, -0.2) is 0 Å². The van der Waals surface area contributed by atoms with E-state index >= 15 is 0 Å². The van der Waals surface area contributed by atoms with Gasteiger partial charge in [0.05, 0.1) is 8.66 Å². The number of thiophene rings is 1. The zero-order chi connectivity index (χ0) is 12.3. The van der Waals surface area contributed by atoms with Gasteiger partial charge in [0.1, 0.15) is 0 Å². The van der Waals surface area contributed by atoms with E-state index in [-0.39, 0.29) is 5.92 Å². The number of rotatable bonds is 5. The number of nitrogens with zero attached hydrogens (tertiary/aromatic N) is 2. The Hall–Kier alpha value is -0.720. The Morgan fingerprint density at radius 2 is 2.35 bits per heavy atom. The van der Waals surface area contributed by atoms with Crippen LogP contribution in [0.5, 0.6) is 0 Å². The molecule has 0 aromatic carbocycles. The minimum atomic E-state index is 0.236. The molecule has 1 unspecified atom stereocenters. The van der Waals surface area contributed by atoms with Crippen LogP contribution in [0.2, 0.25) is 0 Å². The van der Waals surface area contributed by atoms with Crippen LogP contribution in [0.4, 0.5) is 0 Å². The van der Waals surface area contributed by atoms with E-state index < -0.39 is 0 Å². The van der Waals surface area contributed by atoms with E-state index in [0.29, 0.717) is 11.7 Å². The predicted molar refractivity (Wildman–Crippen MR) is 72.3 cm³/mol. The van der Waals surface area contributed by atoms with Gasteiger partial charge in [-0.05, 0) is 34.6 Å². The molecule has 1 N–H and O–H groups in total. The SMILES string of the molecule is CCNCC(C)c1nc(-c2ccc(Br)s2)no1. The van der Waals surface area contributed by atoms with Gasteiger partial charge < -0.3 is 9.84 Å². The Morgan fingerprint density at radius 1 is 1.53 bits per heavy atom. The van der Waals surface area contributed by atoms with Crippen molar-refractivity contribution in [2.45, 2.75) is 19.8 Å². The molecule has 92 valence electrons. The molecule has 1 atom stereocenters. The summed E-state index contributed by atoms with van der Waals surface area (Å²) in [5.74, 6) is 1.59. The van der Waals surface area contributed by atoms with Gasteiger partial charge >= 0.3 is 0 Å². The van der Waals surface area contributed by atoms with E-state index in [1.807, 2.05) is 12.1 Å². The van der Waals surface area contributed by atoms with Crippen LogP contribution in [0, 0.1) is 0 Å². The summed E-state index contributed by atoms with van der Waals surface area (Å²) in [7, 11) is 0. The number of nitrogens with one attached hydrogen (secondary N) is 1. The first kappa shape index (κ1) is 12.7. The lowest BCUT2D eigenvalue weighted by Crippen LogP contribution is -2.19. The third-order valence-electron chi connectivity index (χ3n) is 2.36. The van der Waals surface area contributed by atoms with E-state index in [9.17, 15) is 0 Å². The minimum Gasteiger partial charge on any atom is -0.339 e. The molecule has 17 heavy (non-hydrogen) atoms. The second-order valence-corrected chi connectivity index (χ2v) is 6.23. The van der Waals surface area contributed by atoms with Crippen LogP contribution in [0.1, 0.15) is 25.7 Å². The molecule has 0 amide bonds. The van der Waals surface area contributed by atoms with Gasteiger partial charge in [-0.1, -0.05) is 19.0 Å². The lowest BCUT2D eigenvalue weighted by atomic mass is 10.2. The lowest BCUT2D eigenvalue weighted by molar-refractivity contribution is 0.355. The van der Waals surface area contributed by atoms with Gasteiger partial charge in [0, 0.05) is 12.5 Å².